The molecule has 1 aliphatic heterocycles. The molecule has 10 heteroatoms. The zero-order valence-corrected chi connectivity index (χ0v) is 25.4. The molecule has 1 saturated heterocycles. The van der Waals surface area contributed by atoms with Crippen molar-refractivity contribution in [2.45, 2.75) is 90.5 Å². The first-order valence-corrected chi connectivity index (χ1v) is 14.9. The van der Waals surface area contributed by atoms with Crippen LogP contribution in [-0.4, -0.2) is 77.2 Å². The summed E-state index contributed by atoms with van der Waals surface area (Å²) in [6, 6.07) is 12.2. The van der Waals surface area contributed by atoms with Gasteiger partial charge in [0, 0.05) is 32.0 Å². The number of alkyl carbamates (subject to hydrolysis) is 1. The predicted octanol–water partition coefficient (Wildman–Crippen LogP) is 3.30. The Morgan fingerprint density at radius 2 is 1.67 bits per heavy atom. The lowest BCUT2D eigenvalue weighted by Crippen LogP contribution is -2.55. The molecule has 2 aromatic rings. The molecule has 1 aliphatic rings. The number of nitrogens with zero attached hydrogens (tertiary/aromatic N) is 1. The van der Waals surface area contributed by atoms with Crippen LogP contribution in [0.15, 0.2) is 42.5 Å². The molecule has 1 heterocycles. The van der Waals surface area contributed by atoms with Gasteiger partial charge in [-0.15, -0.1) is 0 Å². The second-order valence-electron chi connectivity index (χ2n) is 11.9. The highest BCUT2D eigenvalue weighted by atomic mass is 16.6. The molecule has 0 aliphatic carbocycles. The van der Waals surface area contributed by atoms with E-state index < -0.39 is 35.8 Å². The molecular formula is C32H46N4O6. The van der Waals surface area contributed by atoms with Crippen molar-refractivity contribution in [3.8, 4) is 0 Å². The molecule has 0 bridgehead atoms. The Bertz CT molecular complexity index is 1240. The molecule has 0 aromatic heterocycles. The number of carbonyl (C=O) groups excluding carboxylic acids is 4. The number of benzene rings is 2. The van der Waals surface area contributed by atoms with Crippen LogP contribution in [0.25, 0.3) is 10.8 Å². The van der Waals surface area contributed by atoms with Gasteiger partial charge in [0.25, 0.3) is 0 Å². The number of hydrogen-bond acceptors (Lipinski definition) is 6. The molecule has 4 amide bonds. The molecule has 2 aromatic carbocycles. The number of fused-ring (bicyclic) bond motifs is 1. The van der Waals surface area contributed by atoms with Crippen LogP contribution >= 0.6 is 0 Å². The largest absolute Gasteiger partial charge is 0.444 e. The van der Waals surface area contributed by atoms with Crippen LogP contribution in [0.2, 0.25) is 0 Å². The molecule has 0 saturated carbocycles. The molecular weight excluding hydrogens is 536 g/mol. The molecule has 42 heavy (non-hydrogen) atoms. The first-order chi connectivity index (χ1) is 19.9. The van der Waals surface area contributed by atoms with Gasteiger partial charge in [0.15, 0.2) is 0 Å². The van der Waals surface area contributed by atoms with E-state index in [0.29, 0.717) is 25.8 Å². The van der Waals surface area contributed by atoms with Gasteiger partial charge in [0.05, 0.1) is 6.10 Å². The topological polar surface area (TPSA) is 137 Å². The standard InChI is InChI=1S/C32H46N4O6/c1-6-22(7-2)30(40)36-16-10-13-27(36)29(39)35-26(18-21-14-15-23-11-8-9-12-24(23)17-21)28(38)33-19-25(37)20-34-31(41)42-32(3,4)5/h8-9,11-12,14-15,17,22,25-27,37H,6-7,10,13,16,18-20H2,1-5H3,(H,33,38)(H,34,41)(H,35,39). The lowest BCUT2D eigenvalue weighted by Gasteiger charge is -2.29. The van der Waals surface area contributed by atoms with Crippen molar-refractivity contribution < 1.29 is 29.0 Å². The number of likely N-dealkylation sites (tertiary alicyclic amines) is 1. The summed E-state index contributed by atoms with van der Waals surface area (Å²) in [6.45, 7) is 9.41. The summed E-state index contributed by atoms with van der Waals surface area (Å²) >= 11 is 0. The molecule has 10 nitrogen and oxygen atoms in total. The molecule has 3 rings (SSSR count). The molecule has 3 atom stereocenters. The lowest BCUT2D eigenvalue weighted by molar-refractivity contribution is -0.142. The van der Waals surface area contributed by atoms with Crippen LogP contribution in [0.1, 0.15) is 65.9 Å². The molecule has 1 fully saturated rings. The first-order valence-electron chi connectivity index (χ1n) is 14.9. The normalized spacial score (nSPS) is 16.6. The molecule has 0 radical (unpaired) electrons. The van der Waals surface area contributed by atoms with E-state index >= 15 is 0 Å². The van der Waals surface area contributed by atoms with Crippen LogP contribution in [0.4, 0.5) is 4.79 Å². The summed E-state index contributed by atoms with van der Waals surface area (Å²) in [7, 11) is 0. The maximum Gasteiger partial charge on any atom is 0.407 e. The Labute approximate surface area is 248 Å². The number of aliphatic hydroxyl groups excluding tert-OH is 1. The van der Waals surface area contributed by atoms with E-state index in [1.807, 2.05) is 56.3 Å². The summed E-state index contributed by atoms with van der Waals surface area (Å²) in [5.74, 6) is -0.983. The third-order valence-corrected chi connectivity index (χ3v) is 7.45. The number of rotatable bonds is 12. The van der Waals surface area contributed by atoms with Gasteiger partial charge in [-0.1, -0.05) is 56.3 Å². The minimum atomic E-state index is -1.07. The van der Waals surface area contributed by atoms with Crippen molar-refractivity contribution in [1.29, 1.82) is 0 Å². The van der Waals surface area contributed by atoms with Gasteiger partial charge in [-0.05, 0) is 62.8 Å². The predicted molar refractivity (Wildman–Crippen MR) is 162 cm³/mol. The summed E-state index contributed by atoms with van der Waals surface area (Å²) in [5.41, 5.74) is 0.183. The lowest BCUT2D eigenvalue weighted by atomic mass is 10.00. The van der Waals surface area contributed by atoms with Gasteiger partial charge in [-0.2, -0.15) is 0 Å². The van der Waals surface area contributed by atoms with Crippen molar-refractivity contribution in [1.82, 2.24) is 20.9 Å². The van der Waals surface area contributed by atoms with E-state index in [9.17, 15) is 24.3 Å². The van der Waals surface area contributed by atoms with Crippen LogP contribution < -0.4 is 16.0 Å². The SMILES string of the molecule is CCC(CC)C(=O)N1CCCC1C(=O)NC(Cc1ccc2ccccc2c1)C(=O)NCC(O)CNC(=O)OC(C)(C)C. The quantitative estimate of drug-likeness (QED) is 0.303. The van der Waals surface area contributed by atoms with Crippen molar-refractivity contribution in [2.24, 2.45) is 5.92 Å². The van der Waals surface area contributed by atoms with E-state index in [1.54, 1.807) is 25.7 Å². The van der Waals surface area contributed by atoms with Gasteiger partial charge in [0.1, 0.15) is 17.7 Å². The highest BCUT2D eigenvalue weighted by Gasteiger charge is 2.37. The number of hydrogen-bond donors (Lipinski definition) is 4. The fraction of sp³-hybridized carbons (Fsp3) is 0.562. The van der Waals surface area contributed by atoms with Crippen molar-refractivity contribution in [2.75, 3.05) is 19.6 Å². The fourth-order valence-corrected chi connectivity index (χ4v) is 5.18. The average molecular weight is 583 g/mol. The Morgan fingerprint density at radius 3 is 2.33 bits per heavy atom. The highest BCUT2D eigenvalue weighted by Crippen LogP contribution is 2.23. The molecule has 3 unspecified atom stereocenters. The zero-order valence-electron chi connectivity index (χ0n) is 25.4. The number of amides is 4. The van der Waals surface area contributed by atoms with Gasteiger partial charge < -0.3 is 30.7 Å². The van der Waals surface area contributed by atoms with Crippen LogP contribution in [0.3, 0.4) is 0 Å². The summed E-state index contributed by atoms with van der Waals surface area (Å²) < 4.78 is 5.17. The van der Waals surface area contributed by atoms with Crippen LogP contribution in [0.5, 0.6) is 0 Å². The first kappa shape index (κ1) is 32.8. The van der Waals surface area contributed by atoms with E-state index in [-0.39, 0.29) is 37.2 Å². The fourth-order valence-electron chi connectivity index (χ4n) is 5.18. The number of nitrogens with one attached hydrogen (secondary N) is 3. The summed E-state index contributed by atoms with van der Waals surface area (Å²) in [6.07, 6.45) is 1.16. The summed E-state index contributed by atoms with van der Waals surface area (Å²) in [5, 5.41) is 20.5. The minimum absolute atomic E-state index is 0.0196. The zero-order chi connectivity index (χ0) is 30.9. The van der Waals surface area contributed by atoms with Crippen molar-refractivity contribution in [3.05, 3.63) is 48.0 Å². The molecule has 0 spiro atoms. The summed E-state index contributed by atoms with van der Waals surface area (Å²) in [4.78, 5) is 53.6. The van der Waals surface area contributed by atoms with E-state index in [0.717, 1.165) is 22.8 Å². The van der Waals surface area contributed by atoms with E-state index in [4.69, 9.17) is 4.74 Å². The number of carbonyl (C=O) groups is 4. The Hall–Kier alpha value is -3.66. The Kier molecular flexibility index (Phi) is 11.7. The maximum absolute atomic E-state index is 13.5. The van der Waals surface area contributed by atoms with Crippen LogP contribution in [0, 0.1) is 5.92 Å². The Morgan fingerprint density at radius 1 is 1.00 bits per heavy atom. The maximum atomic E-state index is 13.5. The second-order valence-corrected chi connectivity index (χ2v) is 11.9. The molecule has 230 valence electrons. The Balaban J connectivity index is 1.70. The van der Waals surface area contributed by atoms with Gasteiger partial charge in [0.2, 0.25) is 17.7 Å². The van der Waals surface area contributed by atoms with Crippen LogP contribution in [-0.2, 0) is 25.5 Å². The average Bonchev–Trinajstić information content (AvgIpc) is 3.44. The van der Waals surface area contributed by atoms with E-state index in [2.05, 4.69) is 16.0 Å². The third kappa shape index (κ3) is 9.44. The van der Waals surface area contributed by atoms with Gasteiger partial charge in [-0.25, -0.2) is 4.79 Å². The number of ether oxygens (including phenoxy) is 1. The monoisotopic (exact) mass is 582 g/mol. The minimum Gasteiger partial charge on any atom is -0.444 e. The number of aliphatic hydroxyl groups is 1. The smallest absolute Gasteiger partial charge is 0.407 e. The van der Waals surface area contributed by atoms with Gasteiger partial charge in [-0.3, -0.25) is 14.4 Å². The molecule has 4 N–H and O–H groups in total. The van der Waals surface area contributed by atoms with Gasteiger partial charge >= 0.3 is 6.09 Å². The van der Waals surface area contributed by atoms with Crippen molar-refractivity contribution in [3.63, 3.8) is 0 Å². The second kappa shape index (κ2) is 15.0. The third-order valence-electron chi connectivity index (χ3n) is 7.45. The van der Waals surface area contributed by atoms with E-state index in [1.165, 1.54) is 0 Å². The van der Waals surface area contributed by atoms with Crippen molar-refractivity contribution >= 4 is 34.6 Å². The highest BCUT2D eigenvalue weighted by molar-refractivity contribution is 5.93.